The molecule has 1 aromatic rings. The van der Waals surface area contributed by atoms with Crippen molar-refractivity contribution < 1.29 is 0 Å². The minimum absolute atomic E-state index is 0.581. The zero-order valence-corrected chi connectivity index (χ0v) is 10.9. The van der Waals surface area contributed by atoms with Crippen LogP contribution in [0, 0.1) is 6.92 Å². The normalized spacial score (nSPS) is 18.2. The highest BCUT2D eigenvalue weighted by Gasteiger charge is 2.17. The Labute approximate surface area is 104 Å². The van der Waals surface area contributed by atoms with Crippen LogP contribution in [0.4, 0.5) is 11.4 Å². The van der Waals surface area contributed by atoms with Crippen molar-refractivity contribution in [2.45, 2.75) is 32.7 Å². The minimum atomic E-state index is 0.581. The fraction of sp³-hybridized carbons (Fsp3) is 0.571. The van der Waals surface area contributed by atoms with E-state index in [4.69, 9.17) is 5.73 Å². The van der Waals surface area contributed by atoms with Crippen LogP contribution in [0.1, 0.15) is 25.3 Å². The highest BCUT2D eigenvalue weighted by Crippen LogP contribution is 2.20. The number of nitrogen functional groups attached to an aromatic ring is 1. The molecular formula is C14H23N3. The number of hydrogen-bond acceptors (Lipinski definition) is 3. The Morgan fingerprint density at radius 1 is 1.35 bits per heavy atom. The van der Waals surface area contributed by atoms with Crippen molar-refractivity contribution in [2.75, 3.05) is 30.7 Å². The lowest BCUT2D eigenvalue weighted by atomic mass is 10.2. The molecule has 1 aliphatic rings. The maximum atomic E-state index is 5.95. The second-order valence-corrected chi connectivity index (χ2v) is 5.06. The first kappa shape index (κ1) is 12.2. The standard InChI is InChI=1S/C14H23N3/c1-11-5-6-13(15)14(9-11)16-10-12(2)17-7-3-4-8-17/h5-6,9,12,16H,3-4,7-8,10,15H2,1-2H3. The van der Waals surface area contributed by atoms with Gasteiger partial charge in [0.15, 0.2) is 0 Å². The van der Waals surface area contributed by atoms with E-state index in [-0.39, 0.29) is 0 Å². The average molecular weight is 233 g/mol. The van der Waals surface area contributed by atoms with Gasteiger partial charge in [0.25, 0.3) is 0 Å². The molecule has 1 heterocycles. The smallest absolute Gasteiger partial charge is 0.0577 e. The lowest BCUT2D eigenvalue weighted by molar-refractivity contribution is 0.269. The van der Waals surface area contributed by atoms with Crippen LogP contribution < -0.4 is 11.1 Å². The first-order chi connectivity index (χ1) is 8.16. The molecule has 0 bridgehead atoms. The molecule has 1 saturated heterocycles. The number of aryl methyl sites for hydroxylation is 1. The van der Waals surface area contributed by atoms with Crippen molar-refractivity contribution in [1.29, 1.82) is 0 Å². The van der Waals surface area contributed by atoms with E-state index in [1.165, 1.54) is 31.5 Å². The first-order valence-electron chi connectivity index (χ1n) is 6.51. The van der Waals surface area contributed by atoms with Gasteiger partial charge in [0, 0.05) is 12.6 Å². The van der Waals surface area contributed by atoms with Crippen LogP contribution in [0.3, 0.4) is 0 Å². The van der Waals surface area contributed by atoms with Crippen LogP contribution in [0.2, 0.25) is 0 Å². The largest absolute Gasteiger partial charge is 0.397 e. The second-order valence-electron chi connectivity index (χ2n) is 5.06. The van der Waals surface area contributed by atoms with Gasteiger partial charge < -0.3 is 11.1 Å². The lowest BCUT2D eigenvalue weighted by Gasteiger charge is -2.24. The number of nitrogens with two attached hydrogens (primary N) is 1. The van der Waals surface area contributed by atoms with Gasteiger partial charge in [-0.3, -0.25) is 4.90 Å². The summed E-state index contributed by atoms with van der Waals surface area (Å²) in [4.78, 5) is 2.54. The lowest BCUT2D eigenvalue weighted by Crippen LogP contribution is -2.35. The molecule has 1 unspecified atom stereocenters. The van der Waals surface area contributed by atoms with Gasteiger partial charge in [0.1, 0.15) is 0 Å². The van der Waals surface area contributed by atoms with Crippen LogP contribution in [-0.4, -0.2) is 30.6 Å². The molecule has 2 rings (SSSR count). The average Bonchev–Trinajstić information content (AvgIpc) is 2.83. The minimum Gasteiger partial charge on any atom is -0.397 e. The van der Waals surface area contributed by atoms with Gasteiger partial charge in [-0.1, -0.05) is 6.07 Å². The number of anilines is 2. The van der Waals surface area contributed by atoms with E-state index in [1.807, 2.05) is 12.1 Å². The molecule has 0 aromatic heterocycles. The number of nitrogens with zero attached hydrogens (tertiary/aromatic N) is 1. The molecule has 0 aliphatic carbocycles. The molecule has 1 aromatic carbocycles. The van der Waals surface area contributed by atoms with E-state index in [9.17, 15) is 0 Å². The van der Waals surface area contributed by atoms with Crippen LogP contribution >= 0.6 is 0 Å². The van der Waals surface area contributed by atoms with E-state index in [2.05, 4.69) is 30.1 Å². The van der Waals surface area contributed by atoms with Crippen LogP contribution in [-0.2, 0) is 0 Å². The van der Waals surface area contributed by atoms with Gasteiger partial charge in [0.2, 0.25) is 0 Å². The molecule has 1 aliphatic heterocycles. The number of hydrogen-bond donors (Lipinski definition) is 2. The maximum absolute atomic E-state index is 5.95. The summed E-state index contributed by atoms with van der Waals surface area (Å²) in [5.41, 5.74) is 9.10. The molecule has 94 valence electrons. The monoisotopic (exact) mass is 233 g/mol. The summed E-state index contributed by atoms with van der Waals surface area (Å²) in [5.74, 6) is 0. The molecule has 1 fully saturated rings. The van der Waals surface area contributed by atoms with Gasteiger partial charge >= 0.3 is 0 Å². The van der Waals surface area contributed by atoms with Crippen molar-refractivity contribution >= 4 is 11.4 Å². The Kier molecular flexibility index (Phi) is 3.89. The van der Waals surface area contributed by atoms with Crippen LogP contribution in [0.5, 0.6) is 0 Å². The Bertz CT molecular complexity index is 370. The van der Waals surface area contributed by atoms with Crippen LogP contribution in [0.15, 0.2) is 18.2 Å². The molecule has 3 nitrogen and oxygen atoms in total. The number of nitrogens with one attached hydrogen (secondary N) is 1. The third kappa shape index (κ3) is 3.13. The summed E-state index contributed by atoms with van der Waals surface area (Å²) in [6.45, 7) is 7.82. The third-order valence-corrected chi connectivity index (χ3v) is 3.56. The van der Waals surface area contributed by atoms with Crippen LogP contribution in [0.25, 0.3) is 0 Å². The van der Waals surface area contributed by atoms with E-state index in [0.717, 1.165) is 17.9 Å². The summed E-state index contributed by atoms with van der Waals surface area (Å²) in [6.07, 6.45) is 2.69. The Morgan fingerprint density at radius 2 is 2.06 bits per heavy atom. The summed E-state index contributed by atoms with van der Waals surface area (Å²) < 4.78 is 0. The molecule has 1 atom stereocenters. The topological polar surface area (TPSA) is 41.3 Å². The Balaban J connectivity index is 1.90. The van der Waals surface area contributed by atoms with Gasteiger partial charge in [-0.15, -0.1) is 0 Å². The van der Waals surface area contributed by atoms with Crippen molar-refractivity contribution in [2.24, 2.45) is 0 Å². The first-order valence-corrected chi connectivity index (χ1v) is 6.51. The number of rotatable bonds is 4. The SMILES string of the molecule is Cc1ccc(N)c(NCC(C)N2CCCC2)c1. The third-order valence-electron chi connectivity index (χ3n) is 3.56. The Morgan fingerprint density at radius 3 is 2.76 bits per heavy atom. The second kappa shape index (κ2) is 5.41. The summed E-state index contributed by atoms with van der Waals surface area (Å²) >= 11 is 0. The van der Waals surface area contributed by atoms with Gasteiger partial charge in [-0.25, -0.2) is 0 Å². The van der Waals surface area contributed by atoms with E-state index >= 15 is 0 Å². The zero-order valence-electron chi connectivity index (χ0n) is 10.9. The predicted molar refractivity (Wildman–Crippen MR) is 74.4 cm³/mol. The molecule has 17 heavy (non-hydrogen) atoms. The van der Waals surface area contributed by atoms with Crippen molar-refractivity contribution in [1.82, 2.24) is 4.90 Å². The fourth-order valence-electron chi connectivity index (χ4n) is 2.39. The van der Waals surface area contributed by atoms with E-state index in [1.54, 1.807) is 0 Å². The molecule has 3 heteroatoms. The molecule has 0 spiro atoms. The molecule has 3 N–H and O–H groups in total. The Hall–Kier alpha value is -1.22. The highest BCUT2D eigenvalue weighted by molar-refractivity contribution is 5.66. The summed E-state index contributed by atoms with van der Waals surface area (Å²) in [7, 11) is 0. The van der Waals surface area contributed by atoms with E-state index < -0.39 is 0 Å². The highest BCUT2D eigenvalue weighted by atomic mass is 15.2. The van der Waals surface area contributed by atoms with Crippen molar-refractivity contribution in [3.05, 3.63) is 23.8 Å². The van der Waals surface area contributed by atoms with Gasteiger partial charge in [-0.05, 0) is 57.5 Å². The number of benzene rings is 1. The fourth-order valence-corrected chi connectivity index (χ4v) is 2.39. The van der Waals surface area contributed by atoms with E-state index in [0.29, 0.717) is 6.04 Å². The maximum Gasteiger partial charge on any atom is 0.0577 e. The van der Waals surface area contributed by atoms with Gasteiger partial charge in [-0.2, -0.15) is 0 Å². The van der Waals surface area contributed by atoms with Crippen molar-refractivity contribution in [3.63, 3.8) is 0 Å². The molecule has 0 amide bonds. The molecule has 0 radical (unpaired) electrons. The molecule has 0 saturated carbocycles. The predicted octanol–water partition coefficient (Wildman–Crippen LogP) is 2.47. The number of likely N-dealkylation sites (tertiary alicyclic amines) is 1. The summed E-state index contributed by atoms with van der Waals surface area (Å²) in [5, 5.41) is 3.46. The summed E-state index contributed by atoms with van der Waals surface area (Å²) in [6, 6.07) is 6.71. The molecular weight excluding hydrogens is 210 g/mol. The van der Waals surface area contributed by atoms with Gasteiger partial charge in [0.05, 0.1) is 11.4 Å². The zero-order chi connectivity index (χ0) is 12.3. The quantitative estimate of drug-likeness (QED) is 0.785. The van der Waals surface area contributed by atoms with Crippen molar-refractivity contribution in [3.8, 4) is 0 Å².